The first kappa shape index (κ1) is 7.42. The topological polar surface area (TPSA) is 61.8 Å². The molecule has 3 nitrogen and oxygen atoms in total. The lowest BCUT2D eigenvalue weighted by molar-refractivity contribution is 1.44. The van der Waals surface area contributed by atoms with Gasteiger partial charge in [0.25, 0.3) is 0 Å². The Bertz CT molecular complexity index is 299. The van der Waals surface area contributed by atoms with Crippen LogP contribution >= 0.6 is 0 Å². The summed E-state index contributed by atoms with van der Waals surface area (Å²) in [4.78, 5) is 0. The Labute approximate surface area is 65.4 Å². The summed E-state index contributed by atoms with van der Waals surface area (Å²) in [6.07, 6.45) is 0. The SMILES string of the molecule is CNc1c(N)cccc1C#N. The van der Waals surface area contributed by atoms with E-state index in [1.54, 1.807) is 25.2 Å². The zero-order valence-corrected chi connectivity index (χ0v) is 6.26. The highest BCUT2D eigenvalue weighted by molar-refractivity contribution is 5.72. The van der Waals surface area contributed by atoms with E-state index >= 15 is 0 Å². The second-order valence-electron chi connectivity index (χ2n) is 2.13. The number of hydrogen-bond donors (Lipinski definition) is 2. The highest BCUT2D eigenvalue weighted by atomic mass is 14.9. The van der Waals surface area contributed by atoms with Crippen LogP contribution in [0.15, 0.2) is 18.2 Å². The van der Waals surface area contributed by atoms with Crippen LogP contribution in [0.25, 0.3) is 0 Å². The number of anilines is 2. The van der Waals surface area contributed by atoms with Crippen molar-refractivity contribution < 1.29 is 0 Å². The minimum Gasteiger partial charge on any atom is -0.397 e. The Morgan fingerprint density at radius 1 is 1.55 bits per heavy atom. The second-order valence-corrected chi connectivity index (χ2v) is 2.13. The van der Waals surface area contributed by atoms with Gasteiger partial charge in [0.15, 0.2) is 0 Å². The van der Waals surface area contributed by atoms with Gasteiger partial charge in [-0.25, -0.2) is 0 Å². The third-order valence-corrected chi connectivity index (χ3v) is 1.47. The van der Waals surface area contributed by atoms with Crippen molar-refractivity contribution in [1.29, 1.82) is 5.26 Å². The number of rotatable bonds is 1. The zero-order valence-electron chi connectivity index (χ0n) is 6.26. The molecule has 0 fully saturated rings. The first-order chi connectivity index (χ1) is 5.29. The largest absolute Gasteiger partial charge is 0.397 e. The molecule has 0 saturated heterocycles. The standard InChI is InChI=1S/C8H9N3/c1-11-8-6(5-9)3-2-4-7(8)10/h2-4,11H,10H2,1H3. The Balaban J connectivity index is 3.27. The molecule has 0 unspecified atom stereocenters. The van der Waals surface area contributed by atoms with Crippen LogP contribution in [0, 0.1) is 11.3 Å². The molecule has 0 amide bonds. The molecular weight excluding hydrogens is 138 g/mol. The molecule has 0 atom stereocenters. The smallest absolute Gasteiger partial charge is 0.101 e. The molecule has 0 aliphatic carbocycles. The van der Waals surface area contributed by atoms with Crippen molar-refractivity contribution in [2.45, 2.75) is 0 Å². The maximum absolute atomic E-state index is 8.63. The Kier molecular flexibility index (Phi) is 1.98. The summed E-state index contributed by atoms with van der Waals surface area (Å²) < 4.78 is 0. The average Bonchev–Trinajstić information content (AvgIpc) is 2.04. The minimum atomic E-state index is 0.576. The molecule has 0 heterocycles. The summed E-state index contributed by atoms with van der Waals surface area (Å²) in [7, 11) is 1.74. The number of hydrogen-bond acceptors (Lipinski definition) is 3. The van der Waals surface area contributed by atoms with E-state index in [0.717, 1.165) is 0 Å². The zero-order chi connectivity index (χ0) is 8.27. The molecule has 3 N–H and O–H groups in total. The van der Waals surface area contributed by atoms with Gasteiger partial charge in [0.1, 0.15) is 6.07 Å². The summed E-state index contributed by atoms with van der Waals surface area (Å²) in [6, 6.07) is 7.28. The third-order valence-electron chi connectivity index (χ3n) is 1.47. The van der Waals surface area contributed by atoms with Crippen molar-refractivity contribution in [3.8, 4) is 6.07 Å². The fourth-order valence-corrected chi connectivity index (χ4v) is 0.942. The van der Waals surface area contributed by atoms with Gasteiger partial charge >= 0.3 is 0 Å². The summed E-state index contributed by atoms with van der Waals surface area (Å²) in [5.41, 5.74) is 7.48. The molecule has 0 aliphatic heterocycles. The van der Waals surface area contributed by atoms with E-state index in [2.05, 4.69) is 5.32 Å². The van der Waals surface area contributed by atoms with Crippen LogP contribution in [-0.4, -0.2) is 7.05 Å². The maximum atomic E-state index is 8.63. The summed E-state index contributed by atoms with van der Waals surface area (Å²) in [5.74, 6) is 0. The number of nitrogens with one attached hydrogen (secondary N) is 1. The van der Waals surface area contributed by atoms with Gasteiger partial charge in [0.05, 0.1) is 16.9 Å². The van der Waals surface area contributed by atoms with Crippen LogP contribution in [0.3, 0.4) is 0 Å². The molecule has 0 bridgehead atoms. The molecule has 1 aromatic carbocycles. The van der Waals surface area contributed by atoms with E-state index in [9.17, 15) is 0 Å². The van der Waals surface area contributed by atoms with Crippen molar-refractivity contribution in [2.24, 2.45) is 0 Å². The lowest BCUT2D eigenvalue weighted by atomic mass is 10.1. The molecule has 0 aliphatic rings. The summed E-state index contributed by atoms with van der Waals surface area (Å²) in [6.45, 7) is 0. The van der Waals surface area contributed by atoms with Crippen molar-refractivity contribution in [2.75, 3.05) is 18.1 Å². The van der Waals surface area contributed by atoms with E-state index in [-0.39, 0.29) is 0 Å². The maximum Gasteiger partial charge on any atom is 0.101 e. The number of nitrogen functional groups attached to an aromatic ring is 1. The predicted molar refractivity (Wildman–Crippen MR) is 45.1 cm³/mol. The molecule has 11 heavy (non-hydrogen) atoms. The van der Waals surface area contributed by atoms with Gasteiger partial charge in [0.2, 0.25) is 0 Å². The Hall–Kier alpha value is -1.69. The van der Waals surface area contributed by atoms with Gasteiger partial charge in [0, 0.05) is 7.05 Å². The summed E-state index contributed by atoms with van der Waals surface area (Å²) in [5, 5.41) is 11.5. The third kappa shape index (κ3) is 1.24. The van der Waals surface area contributed by atoms with Crippen LogP contribution < -0.4 is 11.1 Å². The van der Waals surface area contributed by atoms with E-state index in [4.69, 9.17) is 11.0 Å². The lowest BCUT2D eigenvalue weighted by Gasteiger charge is -2.04. The first-order valence-electron chi connectivity index (χ1n) is 3.26. The van der Waals surface area contributed by atoms with Crippen LogP contribution in [0.5, 0.6) is 0 Å². The molecule has 56 valence electrons. The first-order valence-corrected chi connectivity index (χ1v) is 3.26. The molecule has 0 radical (unpaired) electrons. The van der Waals surface area contributed by atoms with E-state index in [0.29, 0.717) is 16.9 Å². The second kappa shape index (κ2) is 2.93. The molecular formula is C8H9N3. The van der Waals surface area contributed by atoms with Gasteiger partial charge in [-0.1, -0.05) is 6.07 Å². The van der Waals surface area contributed by atoms with Gasteiger partial charge < -0.3 is 11.1 Å². The quantitative estimate of drug-likeness (QED) is 0.586. The number of para-hydroxylation sites is 1. The van der Waals surface area contributed by atoms with E-state index in [1.165, 1.54) is 0 Å². The van der Waals surface area contributed by atoms with Crippen molar-refractivity contribution >= 4 is 11.4 Å². The summed E-state index contributed by atoms with van der Waals surface area (Å²) >= 11 is 0. The number of nitriles is 1. The van der Waals surface area contributed by atoms with Gasteiger partial charge in [-0.2, -0.15) is 5.26 Å². The van der Waals surface area contributed by atoms with Crippen LogP contribution in [0.2, 0.25) is 0 Å². The number of nitrogens with zero attached hydrogens (tertiary/aromatic N) is 1. The van der Waals surface area contributed by atoms with Gasteiger partial charge in [-0.3, -0.25) is 0 Å². The fourth-order valence-electron chi connectivity index (χ4n) is 0.942. The monoisotopic (exact) mass is 147 g/mol. The highest BCUT2D eigenvalue weighted by Gasteiger charge is 2.01. The fraction of sp³-hybridized carbons (Fsp3) is 0.125. The van der Waals surface area contributed by atoms with Crippen LogP contribution in [-0.2, 0) is 0 Å². The van der Waals surface area contributed by atoms with Crippen LogP contribution in [0.4, 0.5) is 11.4 Å². The predicted octanol–water partition coefficient (Wildman–Crippen LogP) is 1.18. The Morgan fingerprint density at radius 3 is 2.73 bits per heavy atom. The Morgan fingerprint density at radius 2 is 2.27 bits per heavy atom. The molecule has 1 aromatic rings. The van der Waals surface area contributed by atoms with Gasteiger partial charge in [-0.05, 0) is 12.1 Å². The highest BCUT2D eigenvalue weighted by Crippen LogP contribution is 2.21. The van der Waals surface area contributed by atoms with E-state index in [1.807, 2.05) is 6.07 Å². The van der Waals surface area contributed by atoms with Gasteiger partial charge in [-0.15, -0.1) is 0 Å². The van der Waals surface area contributed by atoms with Crippen molar-refractivity contribution in [3.05, 3.63) is 23.8 Å². The van der Waals surface area contributed by atoms with Crippen LogP contribution in [0.1, 0.15) is 5.56 Å². The minimum absolute atomic E-state index is 0.576. The molecule has 3 heteroatoms. The van der Waals surface area contributed by atoms with Crippen molar-refractivity contribution in [1.82, 2.24) is 0 Å². The number of nitrogens with two attached hydrogens (primary N) is 1. The normalized spacial score (nSPS) is 8.73. The number of benzene rings is 1. The molecule has 0 aromatic heterocycles. The van der Waals surface area contributed by atoms with Crippen molar-refractivity contribution in [3.63, 3.8) is 0 Å². The molecule has 0 saturated carbocycles. The van der Waals surface area contributed by atoms with E-state index < -0.39 is 0 Å². The lowest BCUT2D eigenvalue weighted by Crippen LogP contribution is -1.97. The molecule has 1 rings (SSSR count). The average molecular weight is 147 g/mol. The molecule has 0 spiro atoms.